The lowest BCUT2D eigenvalue weighted by Crippen LogP contribution is -2.18. The van der Waals surface area contributed by atoms with Crippen LogP contribution < -0.4 is 10.6 Å². The first-order chi connectivity index (χ1) is 15.2. The second-order valence-corrected chi connectivity index (χ2v) is 6.68. The highest BCUT2D eigenvalue weighted by molar-refractivity contribution is 6.06. The second-order valence-electron chi connectivity index (χ2n) is 6.68. The summed E-state index contributed by atoms with van der Waals surface area (Å²) in [5.41, 5.74) is -1.62. The number of carbonyl (C=O) groups is 2. The van der Waals surface area contributed by atoms with Crippen molar-refractivity contribution in [3.05, 3.63) is 94.8 Å². The number of nitrogens with zero attached hydrogens (tertiary/aromatic N) is 1. The maximum atomic E-state index is 13.8. The van der Waals surface area contributed by atoms with Crippen molar-refractivity contribution in [3.8, 4) is 6.07 Å². The Kier molecular flexibility index (Phi) is 6.54. The van der Waals surface area contributed by atoms with E-state index in [0.717, 1.165) is 18.2 Å². The van der Waals surface area contributed by atoms with E-state index in [2.05, 4.69) is 10.6 Å². The number of anilines is 2. The first-order valence-electron chi connectivity index (χ1n) is 9.23. The molecule has 0 saturated heterocycles. The molecular weight excluding hydrogens is 426 g/mol. The lowest BCUT2D eigenvalue weighted by atomic mass is 10.1. The number of carbonyl (C=O) groups excluding carboxylic acids is 2. The molecule has 0 bridgehead atoms. The van der Waals surface area contributed by atoms with Crippen LogP contribution in [0.5, 0.6) is 0 Å². The van der Waals surface area contributed by atoms with Gasteiger partial charge >= 0.3 is 6.18 Å². The molecule has 0 fully saturated rings. The van der Waals surface area contributed by atoms with Gasteiger partial charge in [-0.15, -0.1) is 0 Å². The third-order valence-corrected chi connectivity index (χ3v) is 4.42. The van der Waals surface area contributed by atoms with Gasteiger partial charge in [0.1, 0.15) is 5.82 Å². The maximum absolute atomic E-state index is 13.8. The lowest BCUT2D eigenvalue weighted by molar-refractivity contribution is -0.136. The van der Waals surface area contributed by atoms with E-state index in [0.29, 0.717) is 11.6 Å². The van der Waals surface area contributed by atoms with Gasteiger partial charge in [-0.2, -0.15) is 18.4 Å². The molecule has 0 radical (unpaired) electrons. The molecule has 2 amide bonds. The van der Waals surface area contributed by atoms with Crippen molar-refractivity contribution < 1.29 is 27.2 Å². The van der Waals surface area contributed by atoms with Crippen LogP contribution in [0.2, 0.25) is 0 Å². The van der Waals surface area contributed by atoms with Gasteiger partial charge in [0, 0.05) is 11.3 Å². The van der Waals surface area contributed by atoms with Gasteiger partial charge in [0.15, 0.2) is 0 Å². The van der Waals surface area contributed by atoms with Gasteiger partial charge in [-0.1, -0.05) is 24.3 Å². The van der Waals surface area contributed by atoms with E-state index in [-0.39, 0.29) is 23.2 Å². The van der Waals surface area contributed by atoms with Crippen molar-refractivity contribution in [2.24, 2.45) is 0 Å². The lowest BCUT2D eigenvalue weighted by Gasteiger charge is -2.16. The molecule has 9 heteroatoms. The molecule has 162 valence electrons. The minimum absolute atomic E-state index is 0.0469. The Morgan fingerprint density at radius 3 is 2.34 bits per heavy atom. The standard InChI is InChI=1S/C23H15F4N3O2/c24-19-7-2-1-6-17(19)22(32)29-16-8-9-20(18(13-16)23(25,26)27)30-21(31)15-5-3-4-14(12-15)10-11-28/h1-9,12-13H,10H2,(H,29,32)(H,30,31). The summed E-state index contributed by atoms with van der Waals surface area (Å²) in [6.45, 7) is 0. The van der Waals surface area contributed by atoms with Crippen LogP contribution in [0.3, 0.4) is 0 Å². The van der Waals surface area contributed by atoms with Crippen molar-refractivity contribution in [2.75, 3.05) is 10.6 Å². The van der Waals surface area contributed by atoms with Gasteiger partial charge in [0.05, 0.1) is 29.3 Å². The molecule has 5 nitrogen and oxygen atoms in total. The van der Waals surface area contributed by atoms with Crippen LogP contribution in [-0.4, -0.2) is 11.8 Å². The Labute approximate surface area is 180 Å². The molecule has 32 heavy (non-hydrogen) atoms. The van der Waals surface area contributed by atoms with Crippen LogP contribution in [0.25, 0.3) is 0 Å². The zero-order valence-electron chi connectivity index (χ0n) is 16.3. The molecule has 0 unspecified atom stereocenters. The fraction of sp³-hybridized carbons (Fsp3) is 0.0870. The quantitative estimate of drug-likeness (QED) is 0.519. The van der Waals surface area contributed by atoms with E-state index in [1.165, 1.54) is 36.4 Å². The van der Waals surface area contributed by atoms with Gasteiger partial charge in [0.2, 0.25) is 0 Å². The van der Waals surface area contributed by atoms with Crippen molar-refractivity contribution >= 4 is 23.2 Å². The highest BCUT2D eigenvalue weighted by Crippen LogP contribution is 2.37. The van der Waals surface area contributed by atoms with E-state index in [9.17, 15) is 27.2 Å². The number of hydrogen-bond acceptors (Lipinski definition) is 3. The predicted octanol–water partition coefficient (Wildman–Crippen LogP) is 5.42. The normalized spacial score (nSPS) is 10.8. The molecule has 3 rings (SSSR count). The van der Waals surface area contributed by atoms with Crippen LogP contribution in [0.4, 0.5) is 28.9 Å². The van der Waals surface area contributed by atoms with E-state index >= 15 is 0 Å². The highest BCUT2D eigenvalue weighted by atomic mass is 19.4. The summed E-state index contributed by atoms with van der Waals surface area (Å²) in [6, 6.07) is 15.8. The predicted molar refractivity (Wildman–Crippen MR) is 110 cm³/mol. The molecule has 0 heterocycles. The van der Waals surface area contributed by atoms with E-state index in [1.807, 2.05) is 6.07 Å². The monoisotopic (exact) mass is 441 g/mol. The van der Waals surface area contributed by atoms with Crippen LogP contribution >= 0.6 is 0 Å². The Hall–Kier alpha value is -4.19. The van der Waals surface area contributed by atoms with Crippen LogP contribution in [0.1, 0.15) is 31.8 Å². The minimum atomic E-state index is -4.84. The molecule has 0 aliphatic rings. The van der Waals surface area contributed by atoms with Gasteiger partial charge < -0.3 is 10.6 Å². The smallest absolute Gasteiger partial charge is 0.322 e. The molecule has 0 aromatic heterocycles. The summed E-state index contributed by atoms with van der Waals surface area (Å²) in [6.07, 6.45) is -4.80. The number of benzene rings is 3. The zero-order chi connectivity index (χ0) is 23.3. The Morgan fingerprint density at radius 2 is 1.66 bits per heavy atom. The van der Waals surface area contributed by atoms with Gasteiger partial charge in [-0.3, -0.25) is 9.59 Å². The summed E-state index contributed by atoms with van der Waals surface area (Å²) in [5.74, 6) is -2.52. The van der Waals surface area contributed by atoms with E-state index in [4.69, 9.17) is 5.26 Å². The molecule has 0 aliphatic heterocycles. The molecule has 0 atom stereocenters. The first-order valence-corrected chi connectivity index (χ1v) is 9.23. The maximum Gasteiger partial charge on any atom is 0.418 e. The summed E-state index contributed by atoms with van der Waals surface area (Å²) < 4.78 is 54.6. The average Bonchev–Trinajstić information content (AvgIpc) is 2.74. The summed E-state index contributed by atoms with van der Waals surface area (Å²) in [7, 11) is 0. The van der Waals surface area contributed by atoms with Gasteiger partial charge in [-0.05, 0) is 48.0 Å². The van der Waals surface area contributed by atoms with Gasteiger partial charge in [0.25, 0.3) is 11.8 Å². The number of halogens is 4. The molecule has 0 spiro atoms. The molecule has 2 N–H and O–H groups in total. The van der Waals surface area contributed by atoms with Crippen molar-refractivity contribution in [2.45, 2.75) is 12.6 Å². The van der Waals surface area contributed by atoms with E-state index in [1.54, 1.807) is 6.07 Å². The van der Waals surface area contributed by atoms with Gasteiger partial charge in [-0.25, -0.2) is 4.39 Å². The molecular formula is C23H15F4N3O2. The Morgan fingerprint density at radius 1 is 0.906 bits per heavy atom. The second kappa shape index (κ2) is 9.31. The fourth-order valence-electron chi connectivity index (χ4n) is 2.92. The molecule has 3 aromatic rings. The zero-order valence-corrected chi connectivity index (χ0v) is 16.3. The number of alkyl halides is 3. The molecule has 0 saturated carbocycles. The number of amides is 2. The fourth-order valence-corrected chi connectivity index (χ4v) is 2.92. The number of hydrogen-bond donors (Lipinski definition) is 2. The first kappa shape index (κ1) is 22.5. The minimum Gasteiger partial charge on any atom is -0.322 e. The van der Waals surface area contributed by atoms with Crippen molar-refractivity contribution in [1.29, 1.82) is 5.26 Å². The van der Waals surface area contributed by atoms with E-state index < -0.39 is 35.1 Å². The van der Waals surface area contributed by atoms with Crippen molar-refractivity contribution in [3.63, 3.8) is 0 Å². The third-order valence-electron chi connectivity index (χ3n) is 4.42. The largest absolute Gasteiger partial charge is 0.418 e. The van der Waals surface area contributed by atoms with Crippen LogP contribution in [0.15, 0.2) is 66.7 Å². The third kappa shape index (κ3) is 5.29. The highest BCUT2D eigenvalue weighted by Gasteiger charge is 2.34. The molecule has 0 aliphatic carbocycles. The number of nitrogens with one attached hydrogen (secondary N) is 2. The van der Waals surface area contributed by atoms with Crippen LogP contribution in [0, 0.1) is 17.1 Å². The van der Waals surface area contributed by atoms with Crippen molar-refractivity contribution in [1.82, 2.24) is 0 Å². The topological polar surface area (TPSA) is 82.0 Å². The average molecular weight is 441 g/mol. The molecule has 3 aromatic carbocycles. The Bertz CT molecular complexity index is 1220. The number of nitriles is 1. The van der Waals surface area contributed by atoms with Crippen LogP contribution in [-0.2, 0) is 12.6 Å². The number of rotatable bonds is 5. The summed E-state index contributed by atoms with van der Waals surface area (Å²) in [5, 5.41) is 13.2. The Balaban J connectivity index is 1.87. The summed E-state index contributed by atoms with van der Waals surface area (Å²) >= 11 is 0. The summed E-state index contributed by atoms with van der Waals surface area (Å²) in [4.78, 5) is 24.7. The SMILES string of the molecule is N#CCc1cccc(C(=O)Nc2ccc(NC(=O)c3ccccc3F)cc2C(F)(F)F)c1.